The lowest BCUT2D eigenvalue weighted by Crippen LogP contribution is -2.38. The Kier molecular flexibility index (Phi) is 3.08. The topological polar surface area (TPSA) is 101 Å². The highest BCUT2D eigenvalue weighted by Gasteiger charge is 2.27. The number of aromatic nitrogens is 2. The van der Waals surface area contributed by atoms with Crippen LogP contribution in [0.25, 0.3) is 10.2 Å². The maximum absolute atomic E-state index is 12.1. The minimum Gasteiger partial charge on any atom is -0.397 e. The van der Waals surface area contributed by atoms with Gasteiger partial charge in [-0.1, -0.05) is 0 Å². The molecule has 0 aromatic carbocycles. The zero-order valence-electron chi connectivity index (χ0n) is 10.2. The molecule has 0 unspecified atom stereocenters. The first kappa shape index (κ1) is 12.3. The van der Waals surface area contributed by atoms with E-state index < -0.39 is 0 Å². The molecule has 6 nitrogen and oxygen atoms in total. The van der Waals surface area contributed by atoms with E-state index >= 15 is 0 Å². The maximum Gasteiger partial charge on any atom is 0.263 e. The summed E-state index contributed by atoms with van der Waals surface area (Å²) < 4.78 is 0. The molecule has 2 aromatic heterocycles. The van der Waals surface area contributed by atoms with Crippen LogP contribution in [0.4, 0.5) is 5.69 Å². The van der Waals surface area contributed by atoms with Crippen molar-refractivity contribution in [2.45, 2.75) is 18.9 Å². The van der Waals surface area contributed by atoms with Crippen molar-refractivity contribution in [2.75, 3.05) is 12.3 Å². The lowest BCUT2D eigenvalue weighted by molar-refractivity contribution is 0.0420. The van der Waals surface area contributed by atoms with Gasteiger partial charge in [0.15, 0.2) is 0 Å². The molecule has 7 heteroatoms. The van der Waals surface area contributed by atoms with Crippen molar-refractivity contribution >= 4 is 33.1 Å². The third-order valence-corrected chi connectivity index (χ3v) is 4.49. The number of nitrogens with two attached hydrogens (primary N) is 1. The van der Waals surface area contributed by atoms with Crippen LogP contribution in [0.5, 0.6) is 0 Å². The fourth-order valence-corrected chi connectivity index (χ4v) is 3.18. The maximum atomic E-state index is 12.1. The van der Waals surface area contributed by atoms with Crippen molar-refractivity contribution in [3.8, 4) is 0 Å². The van der Waals surface area contributed by atoms with Gasteiger partial charge in [0, 0.05) is 11.9 Å². The first-order valence-electron chi connectivity index (χ1n) is 6.11. The molecule has 1 amide bonds. The average Bonchev–Trinajstić information content (AvgIpc) is 2.71. The molecule has 1 saturated carbocycles. The molecule has 4 N–H and O–H groups in total. The number of aliphatic hydroxyl groups excluding tert-OH is 1. The number of nitrogens with zero attached hydrogens (tertiary/aromatic N) is 2. The van der Waals surface area contributed by atoms with Crippen LogP contribution in [0, 0.1) is 5.92 Å². The number of amides is 1. The molecule has 1 fully saturated rings. The first-order valence-corrected chi connectivity index (χ1v) is 6.92. The van der Waals surface area contributed by atoms with Gasteiger partial charge >= 0.3 is 0 Å². The highest BCUT2D eigenvalue weighted by molar-refractivity contribution is 7.21. The number of nitrogen functional groups attached to an aromatic ring is 1. The number of hydrogen-bond donors (Lipinski definition) is 3. The van der Waals surface area contributed by atoms with Crippen LogP contribution in [0.1, 0.15) is 22.5 Å². The van der Waals surface area contributed by atoms with Crippen LogP contribution in [0.3, 0.4) is 0 Å². The predicted molar refractivity (Wildman–Crippen MR) is 72.9 cm³/mol. The second-order valence-electron chi connectivity index (χ2n) is 4.80. The first-order chi connectivity index (χ1) is 9.15. The summed E-state index contributed by atoms with van der Waals surface area (Å²) in [6.45, 7) is 0.579. The van der Waals surface area contributed by atoms with E-state index in [1.165, 1.54) is 11.3 Å². The number of thiophene rings is 1. The van der Waals surface area contributed by atoms with Gasteiger partial charge in [-0.2, -0.15) is 5.10 Å². The smallest absolute Gasteiger partial charge is 0.263 e. The van der Waals surface area contributed by atoms with Crippen molar-refractivity contribution in [1.82, 2.24) is 15.5 Å². The largest absolute Gasteiger partial charge is 0.397 e. The molecular weight excluding hydrogens is 264 g/mol. The summed E-state index contributed by atoms with van der Waals surface area (Å²) in [7, 11) is 0. The quantitative estimate of drug-likeness (QED) is 0.770. The molecule has 0 atom stereocenters. The van der Waals surface area contributed by atoms with E-state index in [0.717, 1.165) is 18.2 Å². The Morgan fingerprint density at radius 3 is 3.05 bits per heavy atom. The fraction of sp³-hybridized carbons (Fsp3) is 0.417. The van der Waals surface area contributed by atoms with E-state index in [1.807, 2.05) is 0 Å². The Morgan fingerprint density at radius 1 is 1.58 bits per heavy atom. The predicted octanol–water partition coefficient (Wildman–Crippen LogP) is 0.774. The van der Waals surface area contributed by atoms with Gasteiger partial charge in [-0.25, -0.2) is 0 Å². The molecule has 2 aromatic rings. The summed E-state index contributed by atoms with van der Waals surface area (Å²) in [5.41, 5.74) is 6.42. The minimum absolute atomic E-state index is 0.179. The second kappa shape index (κ2) is 4.75. The van der Waals surface area contributed by atoms with Gasteiger partial charge in [0.25, 0.3) is 5.91 Å². The number of carbonyl (C=O) groups is 1. The van der Waals surface area contributed by atoms with Crippen molar-refractivity contribution < 1.29 is 9.90 Å². The number of carbonyl (C=O) groups excluding carboxylic acids is 1. The van der Waals surface area contributed by atoms with Crippen molar-refractivity contribution in [1.29, 1.82) is 0 Å². The van der Waals surface area contributed by atoms with Crippen LogP contribution in [-0.2, 0) is 0 Å². The Labute approximate surface area is 113 Å². The van der Waals surface area contributed by atoms with Crippen LogP contribution in [-0.4, -0.2) is 33.9 Å². The standard InChI is InChI=1S/C12H14N4O2S/c13-9-8-1-2-15-16-12(8)19-10(9)11(18)14-5-6-3-7(17)4-6/h1-2,6-7,17H,3-5,13H2,(H,14,18). The van der Waals surface area contributed by atoms with E-state index in [-0.39, 0.29) is 12.0 Å². The molecule has 0 aliphatic heterocycles. The van der Waals surface area contributed by atoms with Crippen molar-refractivity contribution in [3.63, 3.8) is 0 Å². The molecular formula is C12H14N4O2S. The summed E-state index contributed by atoms with van der Waals surface area (Å²) in [5.74, 6) is 0.191. The number of hydrogen-bond acceptors (Lipinski definition) is 6. The number of nitrogens with one attached hydrogen (secondary N) is 1. The number of fused-ring (bicyclic) bond motifs is 1. The lowest BCUT2D eigenvalue weighted by atomic mass is 9.82. The van der Waals surface area contributed by atoms with Crippen LogP contribution < -0.4 is 11.1 Å². The molecule has 1 aliphatic rings. The Balaban J connectivity index is 1.72. The zero-order chi connectivity index (χ0) is 13.4. The zero-order valence-corrected chi connectivity index (χ0v) is 11.0. The van der Waals surface area contributed by atoms with Gasteiger partial charge < -0.3 is 16.2 Å². The third-order valence-electron chi connectivity index (χ3n) is 3.39. The molecule has 0 radical (unpaired) electrons. The summed E-state index contributed by atoms with van der Waals surface area (Å²) >= 11 is 1.25. The Hall–Kier alpha value is -1.73. The lowest BCUT2D eigenvalue weighted by Gasteiger charge is -2.31. The molecule has 1 aliphatic carbocycles. The van der Waals surface area contributed by atoms with Crippen LogP contribution in [0.15, 0.2) is 12.3 Å². The van der Waals surface area contributed by atoms with Crippen LogP contribution >= 0.6 is 11.3 Å². The molecule has 19 heavy (non-hydrogen) atoms. The van der Waals surface area contributed by atoms with E-state index in [9.17, 15) is 9.90 Å². The summed E-state index contributed by atoms with van der Waals surface area (Å²) in [6, 6.07) is 1.76. The van der Waals surface area contributed by atoms with Gasteiger partial charge in [-0.15, -0.1) is 16.4 Å². The van der Waals surface area contributed by atoms with Gasteiger partial charge in [0.2, 0.25) is 0 Å². The van der Waals surface area contributed by atoms with E-state index in [1.54, 1.807) is 12.3 Å². The number of anilines is 1. The molecule has 3 rings (SSSR count). The molecule has 0 bridgehead atoms. The Bertz CT molecular complexity index is 621. The van der Waals surface area contributed by atoms with Gasteiger partial charge in [-0.3, -0.25) is 4.79 Å². The number of rotatable bonds is 3. The van der Waals surface area contributed by atoms with Gasteiger partial charge in [-0.05, 0) is 24.8 Å². The normalized spacial score (nSPS) is 22.2. The minimum atomic E-state index is -0.202. The van der Waals surface area contributed by atoms with E-state index in [0.29, 0.717) is 27.9 Å². The van der Waals surface area contributed by atoms with Crippen molar-refractivity contribution in [2.24, 2.45) is 5.92 Å². The SMILES string of the molecule is Nc1c(C(=O)NCC2CC(O)C2)sc2nnccc12. The average molecular weight is 278 g/mol. The molecule has 0 saturated heterocycles. The third kappa shape index (κ3) is 2.26. The molecule has 100 valence electrons. The van der Waals surface area contributed by atoms with Crippen molar-refractivity contribution in [3.05, 3.63) is 17.1 Å². The van der Waals surface area contributed by atoms with Gasteiger partial charge in [0.05, 0.1) is 18.0 Å². The van der Waals surface area contributed by atoms with E-state index in [2.05, 4.69) is 15.5 Å². The monoisotopic (exact) mass is 278 g/mol. The second-order valence-corrected chi connectivity index (χ2v) is 5.80. The molecule has 2 heterocycles. The summed E-state index contributed by atoms with van der Waals surface area (Å²) in [6.07, 6.45) is 2.87. The summed E-state index contributed by atoms with van der Waals surface area (Å²) in [5, 5.41) is 20.5. The summed E-state index contributed by atoms with van der Waals surface area (Å²) in [4.78, 5) is 13.2. The van der Waals surface area contributed by atoms with Gasteiger partial charge in [0.1, 0.15) is 9.71 Å². The molecule has 0 spiro atoms. The fourth-order valence-electron chi connectivity index (χ4n) is 2.23. The highest BCUT2D eigenvalue weighted by Crippen LogP contribution is 2.31. The Morgan fingerprint density at radius 2 is 2.37 bits per heavy atom. The van der Waals surface area contributed by atoms with Crippen LogP contribution in [0.2, 0.25) is 0 Å². The van der Waals surface area contributed by atoms with E-state index in [4.69, 9.17) is 5.73 Å². The number of aliphatic hydroxyl groups is 1. The highest BCUT2D eigenvalue weighted by atomic mass is 32.1.